The van der Waals surface area contributed by atoms with Gasteiger partial charge in [-0.25, -0.2) is 8.98 Å². The van der Waals surface area contributed by atoms with Crippen LogP contribution in [0.25, 0.3) is 0 Å². The molecule has 2 rings (SSSR count). The van der Waals surface area contributed by atoms with Crippen molar-refractivity contribution in [2.75, 3.05) is 6.61 Å². The van der Waals surface area contributed by atoms with Crippen LogP contribution in [0.2, 0.25) is 0 Å². The summed E-state index contributed by atoms with van der Waals surface area (Å²) < 4.78 is 47.9. The third-order valence-electron chi connectivity index (χ3n) is 10.5. The van der Waals surface area contributed by atoms with Crippen molar-refractivity contribution in [2.24, 2.45) is 5.92 Å². The van der Waals surface area contributed by atoms with Crippen molar-refractivity contribution in [2.45, 2.75) is 183 Å². The Hall–Kier alpha value is -2.40. The molecule has 2 aliphatic heterocycles. The summed E-state index contributed by atoms with van der Waals surface area (Å²) in [6.45, 7) is 7.24. The van der Waals surface area contributed by atoms with Crippen LogP contribution in [-0.4, -0.2) is 156 Å². The molecule has 0 aromatic heterocycles. The largest absolute Gasteiger partial charge is 0.459 e. The van der Waals surface area contributed by atoms with Gasteiger partial charge in [-0.05, 0) is 96.0 Å². The van der Waals surface area contributed by atoms with E-state index in [1.807, 2.05) is 19.1 Å². The number of ether oxygens (including phenoxy) is 2. The van der Waals surface area contributed by atoms with Gasteiger partial charge in [-0.2, -0.15) is 8.42 Å². The number of carbonyl (C=O) groups excluding carboxylic acids is 1. The van der Waals surface area contributed by atoms with Crippen molar-refractivity contribution in [3.8, 4) is 0 Å². The van der Waals surface area contributed by atoms with Crippen molar-refractivity contribution in [1.82, 2.24) is 0 Å². The molecule has 60 heavy (non-hydrogen) atoms. The summed E-state index contributed by atoms with van der Waals surface area (Å²) in [6, 6.07) is 0. The highest BCUT2D eigenvalue weighted by atomic mass is 32.3. The average molecular weight is 879 g/mol. The van der Waals surface area contributed by atoms with Gasteiger partial charge >= 0.3 is 16.4 Å². The number of cyclic esters (lactones) is 1. The molecule has 1 fully saturated rings. The maximum Gasteiger partial charge on any atom is 0.397 e. The lowest BCUT2D eigenvalue weighted by Crippen LogP contribution is -2.60. The molecule has 2 heterocycles. The molecule has 1 saturated heterocycles. The van der Waals surface area contributed by atoms with Gasteiger partial charge in [-0.3, -0.25) is 4.55 Å². The SMILES string of the molecule is C=C(C/C(C)=C/C(O)CC(C)CC1CC/C=C/CCCC(O)/C=C/CCC(O)C(O)/C=C/C(=O)O1)CC(O)C(O)C[C@H]1O[C@@H](CC(O)CCO)[C@H](OS(=O)(=O)O)[C@H](O)[C@@H]1O. The number of aliphatic hydroxyl groups is 10. The monoisotopic (exact) mass is 878 g/mol. The third-order valence-corrected chi connectivity index (χ3v) is 11.0. The normalized spacial score (nSPS) is 32.5. The molecule has 11 N–H and O–H groups in total. The van der Waals surface area contributed by atoms with E-state index in [2.05, 4.69) is 10.8 Å². The topological polar surface area (TPSA) is 301 Å². The molecular weight excluding hydrogens is 809 g/mol. The van der Waals surface area contributed by atoms with Gasteiger partial charge in [-0.15, -0.1) is 0 Å². The minimum Gasteiger partial charge on any atom is -0.459 e. The Bertz CT molecular complexity index is 1500. The highest BCUT2D eigenvalue weighted by Crippen LogP contribution is 2.31. The zero-order chi connectivity index (χ0) is 45.0. The second-order valence-corrected chi connectivity index (χ2v) is 17.3. The summed E-state index contributed by atoms with van der Waals surface area (Å²) in [5.41, 5.74) is 1.22. The van der Waals surface area contributed by atoms with Gasteiger partial charge in [0.25, 0.3) is 0 Å². The Morgan fingerprint density at radius 3 is 2.28 bits per heavy atom. The number of rotatable bonds is 18. The van der Waals surface area contributed by atoms with Crippen LogP contribution < -0.4 is 0 Å². The third kappa shape index (κ3) is 21.6. The second-order valence-electron chi connectivity index (χ2n) is 16.3. The van der Waals surface area contributed by atoms with Crippen LogP contribution in [0.1, 0.15) is 104 Å². The highest BCUT2D eigenvalue weighted by Gasteiger charge is 2.48. The fourth-order valence-electron chi connectivity index (χ4n) is 7.39. The molecule has 0 amide bonds. The van der Waals surface area contributed by atoms with Crippen LogP contribution >= 0.6 is 0 Å². The van der Waals surface area contributed by atoms with E-state index in [1.165, 1.54) is 6.08 Å². The first-order chi connectivity index (χ1) is 28.2. The molecule has 0 aliphatic carbocycles. The van der Waals surface area contributed by atoms with E-state index in [0.717, 1.165) is 24.5 Å². The lowest BCUT2D eigenvalue weighted by molar-refractivity contribution is -0.228. The second kappa shape index (κ2) is 27.6. The zero-order valence-corrected chi connectivity index (χ0v) is 35.5. The Balaban J connectivity index is 1.97. The maximum absolute atomic E-state index is 12.7. The molecule has 9 unspecified atom stereocenters. The van der Waals surface area contributed by atoms with Crippen molar-refractivity contribution >= 4 is 16.4 Å². The van der Waals surface area contributed by atoms with Gasteiger partial charge in [0, 0.05) is 25.5 Å². The van der Waals surface area contributed by atoms with Crippen molar-refractivity contribution in [3.05, 3.63) is 60.3 Å². The van der Waals surface area contributed by atoms with Crippen LogP contribution in [0.4, 0.5) is 0 Å². The lowest BCUT2D eigenvalue weighted by Gasteiger charge is -2.43. The van der Waals surface area contributed by atoms with E-state index >= 15 is 0 Å². The van der Waals surface area contributed by atoms with E-state index in [0.29, 0.717) is 44.1 Å². The summed E-state index contributed by atoms with van der Waals surface area (Å²) in [5.74, 6) is -0.760. The molecule has 0 saturated carbocycles. The molecule has 0 aromatic rings. The van der Waals surface area contributed by atoms with Crippen molar-refractivity contribution < 1.29 is 82.5 Å². The molecule has 0 aromatic carbocycles. The number of hydrogen-bond acceptors (Lipinski definition) is 16. The summed E-state index contributed by atoms with van der Waals surface area (Å²) in [4.78, 5) is 12.7. The van der Waals surface area contributed by atoms with Crippen LogP contribution in [0.15, 0.2) is 60.3 Å². The summed E-state index contributed by atoms with van der Waals surface area (Å²) in [7, 11) is -5.12. The van der Waals surface area contributed by atoms with Gasteiger partial charge < -0.3 is 60.5 Å². The molecule has 2 aliphatic rings. The van der Waals surface area contributed by atoms with Gasteiger partial charge in [0.05, 0.1) is 54.9 Å². The Labute approximate surface area is 354 Å². The maximum atomic E-state index is 12.7. The van der Waals surface area contributed by atoms with Gasteiger partial charge in [0.15, 0.2) is 0 Å². The quantitative estimate of drug-likeness (QED) is 0.0527. The predicted octanol–water partition coefficient (Wildman–Crippen LogP) is 1.38. The van der Waals surface area contributed by atoms with Crippen molar-refractivity contribution in [1.29, 1.82) is 0 Å². The first kappa shape index (κ1) is 53.7. The van der Waals surface area contributed by atoms with Crippen LogP contribution in [0, 0.1) is 5.92 Å². The predicted molar refractivity (Wildman–Crippen MR) is 220 cm³/mol. The molecule has 0 bridgehead atoms. The Morgan fingerprint density at radius 2 is 1.60 bits per heavy atom. The van der Waals surface area contributed by atoms with E-state index < -0.39 is 109 Å². The first-order valence-corrected chi connectivity index (χ1v) is 22.1. The molecule has 346 valence electrons. The Kier molecular flexibility index (Phi) is 24.7. The van der Waals surface area contributed by atoms with Gasteiger partial charge in [0.1, 0.15) is 24.4 Å². The van der Waals surface area contributed by atoms with E-state index in [1.54, 1.807) is 25.2 Å². The first-order valence-electron chi connectivity index (χ1n) is 20.8. The standard InChI is InChI=1S/C42H70O17S/c1-26(19-27(2)23-35(49)36(50)25-37-40(52)41(53)42(59-60(54,55)56)38(58-37)24-30(45)17-18-43)20-31(46)21-28(3)22-32-13-8-6-4-5-7-11-29(44)12-9-10-14-33(47)34(48)15-16-39(51)57-32/h4,6,9,12,15-16,20,28-38,40-50,52-53H,2,5,7-8,10-11,13-14,17-19,21-25H2,1,3H3,(H,54,55,56)/b6-4+,12-9+,16-15+,26-20+/t28?,29?,30?,31?,32?,33?,34?,35?,36?,37-,38+,40-,41-,42+/m1/s1. The number of aliphatic hydroxyl groups excluding tert-OH is 10. The molecule has 14 atom stereocenters. The average Bonchev–Trinajstić information content (AvgIpc) is 3.14. The van der Waals surface area contributed by atoms with E-state index in [9.17, 15) is 63.7 Å². The van der Waals surface area contributed by atoms with Crippen LogP contribution in [0.5, 0.6) is 0 Å². The molecule has 18 heteroatoms. The number of carbonyl (C=O) groups is 1. The van der Waals surface area contributed by atoms with Crippen LogP contribution in [0.3, 0.4) is 0 Å². The molecule has 17 nitrogen and oxygen atoms in total. The summed E-state index contributed by atoms with van der Waals surface area (Å²) in [6.07, 6.45) is -1.47. The minimum absolute atomic E-state index is 0.0948. The molecule has 0 spiro atoms. The van der Waals surface area contributed by atoms with E-state index in [-0.39, 0.29) is 38.0 Å². The number of hydrogen-bond donors (Lipinski definition) is 11. The van der Waals surface area contributed by atoms with Gasteiger partial charge in [0.2, 0.25) is 0 Å². The molecule has 0 radical (unpaired) electrons. The summed E-state index contributed by atoms with van der Waals surface area (Å²) in [5, 5.41) is 104. The lowest BCUT2D eigenvalue weighted by atomic mass is 9.88. The minimum atomic E-state index is -5.12. The number of allylic oxidation sites excluding steroid dienone is 4. The Morgan fingerprint density at radius 1 is 0.917 bits per heavy atom. The fraction of sp³-hybridized carbons (Fsp3) is 0.738. The van der Waals surface area contributed by atoms with Gasteiger partial charge in [-0.1, -0.05) is 55.0 Å². The smallest absolute Gasteiger partial charge is 0.397 e. The molecular formula is C42H70O17S. The van der Waals surface area contributed by atoms with Crippen molar-refractivity contribution in [3.63, 3.8) is 0 Å². The summed E-state index contributed by atoms with van der Waals surface area (Å²) >= 11 is 0. The highest BCUT2D eigenvalue weighted by molar-refractivity contribution is 7.80. The fourth-order valence-corrected chi connectivity index (χ4v) is 7.90. The number of esters is 1. The van der Waals surface area contributed by atoms with Crippen LogP contribution in [-0.2, 0) is 28.9 Å². The van der Waals surface area contributed by atoms with E-state index in [4.69, 9.17) is 14.6 Å². The zero-order valence-electron chi connectivity index (χ0n) is 34.7.